The minimum Gasteiger partial charge on any atom is -0.493 e. The molecule has 7 nitrogen and oxygen atoms in total. The molecule has 0 aliphatic carbocycles. The third-order valence-electron chi connectivity index (χ3n) is 3.91. The summed E-state index contributed by atoms with van der Waals surface area (Å²) in [4.78, 5) is 22.5. The van der Waals surface area contributed by atoms with Gasteiger partial charge in [0.2, 0.25) is 5.91 Å². The Bertz CT molecular complexity index is 759. The van der Waals surface area contributed by atoms with Crippen LogP contribution in [0.5, 0.6) is 11.5 Å². The average Bonchev–Trinajstić information content (AvgIpc) is 2.65. The number of nitro groups is 1. The molecule has 0 spiro atoms. The number of methoxy groups -OCH3 is 2. The van der Waals surface area contributed by atoms with Gasteiger partial charge in [0.25, 0.3) is 5.69 Å². The van der Waals surface area contributed by atoms with Gasteiger partial charge in [-0.1, -0.05) is 18.2 Å². The molecule has 1 N–H and O–H groups in total. The summed E-state index contributed by atoms with van der Waals surface area (Å²) in [5.41, 5.74) is 1.60. The van der Waals surface area contributed by atoms with Gasteiger partial charge in [-0.2, -0.15) is 0 Å². The van der Waals surface area contributed by atoms with E-state index < -0.39 is 10.8 Å². The van der Waals surface area contributed by atoms with E-state index in [4.69, 9.17) is 9.47 Å². The van der Waals surface area contributed by atoms with Gasteiger partial charge in [0.1, 0.15) is 0 Å². The molecule has 2 rings (SSSR count). The van der Waals surface area contributed by atoms with Crippen LogP contribution in [0, 0.1) is 10.1 Å². The summed E-state index contributed by atoms with van der Waals surface area (Å²) in [7, 11) is 3.11. The molecule has 0 aromatic heterocycles. The predicted molar refractivity (Wildman–Crippen MR) is 92.9 cm³/mol. The van der Waals surface area contributed by atoms with Crippen LogP contribution in [0.3, 0.4) is 0 Å². The highest BCUT2D eigenvalue weighted by atomic mass is 16.6. The van der Waals surface area contributed by atoms with Crippen molar-refractivity contribution in [2.24, 2.45) is 0 Å². The molecule has 0 fully saturated rings. The lowest BCUT2D eigenvalue weighted by atomic mass is 10.00. The fraction of sp³-hybridized carbons (Fsp3) is 0.278. The molecule has 2 aromatic carbocycles. The lowest BCUT2D eigenvalue weighted by Gasteiger charge is -2.14. The summed E-state index contributed by atoms with van der Waals surface area (Å²) < 4.78 is 10.4. The maximum absolute atomic E-state index is 12.3. The highest BCUT2D eigenvalue weighted by Gasteiger charge is 2.16. The number of nitro benzene ring substituents is 1. The van der Waals surface area contributed by atoms with Crippen molar-refractivity contribution in [2.45, 2.75) is 19.4 Å². The van der Waals surface area contributed by atoms with Crippen LogP contribution in [-0.4, -0.2) is 25.1 Å². The van der Waals surface area contributed by atoms with Gasteiger partial charge < -0.3 is 14.8 Å². The Balaban J connectivity index is 2.00. The van der Waals surface area contributed by atoms with Crippen LogP contribution < -0.4 is 14.8 Å². The van der Waals surface area contributed by atoms with Gasteiger partial charge in [-0.15, -0.1) is 0 Å². The first kappa shape index (κ1) is 18.3. The highest BCUT2D eigenvalue weighted by molar-refractivity contribution is 5.83. The van der Waals surface area contributed by atoms with Gasteiger partial charge in [-0.25, -0.2) is 0 Å². The Morgan fingerprint density at radius 2 is 1.76 bits per heavy atom. The lowest BCUT2D eigenvalue weighted by Crippen LogP contribution is -2.27. The van der Waals surface area contributed by atoms with Gasteiger partial charge in [0.05, 0.1) is 25.1 Å². The number of carbonyl (C=O) groups is 1. The fourth-order valence-electron chi connectivity index (χ4n) is 2.37. The molecular formula is C18H20N2O5. The number of non-ortho nitro benzene ring substituents is 1. The first-order valence-electron chi connectivity index (χ1n) is 7.69. The molecule has 25 heavy (non-hydrogen) atoms. The van der Waals surface area contributed by atoms with Crippen molar-refractivity contribution in [1.29, 1.82) is 0 Å². The van der Waals surface area contributed by atoms with Crippen LogP contribution in [0.25, 0.3) is 0 Å². The van der Waals surface area contributed by atoms with E-state index in [1.165, 1.54) is 12.1 Å². The molecule has 0 radical (unpaired) electrons. The summed E-state index contributed by atoms with van der Waals surface area (Å²) >= 11 is 0. The van der Waals surface area contributed by atoms with Crippen molar-refractivity contribution in [3.8, 4) is 11.5 Å². The number of rotatable bonds is 7. The summed E-state index contributed by atoms with van der Waals surface area (Å²) in [6.45, 7) is 2.10. The van der Waals surface area contributed by atoms with Crippen LogP contribution in [-0.2, 0) is 11.3 Å². The number of ether oxygens (including phenoxy) is 2. The second-order valence-electron chi connectivity index (χ2n) is 5.48. The lowest BCUT2D eigenvalue weighted by molar-refractivity contribution is -0.384. The molecule has 0 aliphatic heterocycles. The van der Waals surface area contributed by atoms with Gasteiger partial charge >= 0.3 is 0 Å². The molecule has 0 saturated carbocycles. The fourth-order valence-corrected chi connectivity index (χ4v) is 2.37. The van der Waals surface area contributed by atoms with E-state index >= 15 is 0 Å². The monoisotopic (exact) mass is 344 g/mol. The second kappa shape index (κ2) is 8.14. The zero-order valence-corrected chi connectivity index (χ0v) is 14.3. The maximum Gasteiger partial charge on any atom is 0.269 e. The third kappa shape index (κ3) is 4.47. The van der Waals surface area contributed by atoms with Crippen LogP contribution in [0.1, 0.15) is 24.0 Å². The van der Waals surface area contributed by atoms with Crippen molar-refractivity contribution in [3.63, 3.8) is 0 Å². The standard InChI is InChI=1S/C18H20N2O5/c1-12(14-5-7-15(8-6-14)20(22)23)18(21)19-11-13-4-9-16(24-2)17(10-13)25-3/h4-10,12H,11H2,1-3H3,(H,19,21). The quantitative estimate of drug-likeness (QED) is 0.616. The van der Waals surface area contributed by atoms with Crippen LogP contribution in [0.2, 0.25) is 0 Å². The number of hydrogen-bond donors (Lipinski definition) is 1. The molecule has 0 aliphatic rings. The Labute approximate surface area is 145 Å². The van der Waals surface area contributed by atoms with Crippen LogP contribution in [0.4, 0.5) is 5.69 Å². The molecule has 2 aromatic rings. The number of hydrogen-bond acceptors (Lipinski definition) is 5. The summed E-state index contributed by atoms with van der Waals surface area (Å²) in [6, 6.07) is 11.4. The number of amides is 1. The number of nitrogens with zero attached hydrogens (tertiary/aromatic N) is 1. The van der Waals surface area contributed by atoms with Gasteiger partial charge in [0.15, 0.2) is 11.5 Å². The molecule has 1 atom stereocenters. The molecule has 1 amide bonds. The van der Waals surface area contributed by atoms with E-state index in [0.29, 0.717) is 18.0 Å². The van der Waals surface area contributed by atoms with Crippen LogP contribution >= 0.6 is 0 Å². The zero-order chi connectivity index (χ0) is 18.4. The summed E-state index contributed by atoms with van der Waals surface area (Å²) in [5.74, 6) is 0.638. The SMILES string of the molecule is COc1ccc(CNC(=O)C(C)c2ccc([N+](=O)[O-])cc2)cc1OC. The van der Waals surface area contributed by atoms with Crippen molar-refractivity contribution >= 4 is 11.6 Å². The van der Waals surface area contributed by atoms with E-state index in [9.17, 15) is 14.9 Å². The minimum atomic E-state index is -0.467. The van der Waals surface area contributed by atoms with Gasteiger partial charge in [-0.05, 0) is 30.2 Å². The summed E-state index contributed by atoms with van der Waals surface area (Å²) in [5, 5.41) is 13.5. The molecule has 7 heteroatoms. The highest BCUT2D eigenvalue weighted by Crippen LogP contribution is 2.27. The van der Waals surface area contributed by atoms with E-state index in [2.05, 4.69) is 5.32 Å². The van der Waals surface area contributed by atoms with E-state index in [0.717, 1.165) is 11.1 Å². The minimum absolute atomic E-state index is 0.00156. The number of carbonyl (C=O) groups excluding carboxylic acids is 1. The molecular weight excluding hydrogens is 324 g/mol. The van der Waals surface area contributed by atoms with Gasteiger partial charge in [-0.3, -0.25) is 14.9 Å². The Hall–Kier alpha value is -3.09. The average molecular weight is 344 g/mol. The zero-order valence-electron chi connectivity index (χ0n) is 14.3. The Morgan fingerprint density at radius 3 is 2.32 bits per heavy atom. The molecule has 0 bridgehead atoms. The number of nitrogens with one attached hydrogen (secondary N) is 1. The van der Waals surface area contributed by atoms with Gasteiger partial charge in [0, 0.05) is 18.7 Å². The van der Waals surface area contributed by atoms with Crippen molar-refractivity contribution in [1.82, 2.24) is 5.32 Å². The topological polar surface area (TPSA) is 90.7 Å². The van der Waals surface area contributed by atoms with Crippen molar-refractivity contribution in [2.75, 3.05) is 14.2 Å². The predicted octanol–water partition coefficient (Wildman–Crippen LogP) is 3.03. The van der Waals surface area contributed by atoms with E-state index in [-0.39, 0.29) is 11.6 Å². The van der Waals surface area contributed by atoms with E-state index in [1.54, 1.807) is 45.4 Å². The third-order valence-corrected chi connectivity index (χ3v) is 3.91. The Morgan fingerprint density at radius 1 is 1.12 bits per heavy atom. The normalized spacial score (nSPS) is 11.5. The largest absolute Gasteiger partial charge is 0.493 e. The smallest absolute Gasteiger partial charge is 0.269 e. The maximum atomic E-state index is 12.3. The van der Waals surface area contributed by atoms with Crippen molar-refractivity contribution < 1.29 is 19.2 Å². The second-order valence-corrected chi connectivity index (χ2v) is 5.48. The molecule has 1 unspecified atom stereocenters. The first-order chi connectivity index (χ1) is 12.0. The molecule has 0 saturated heterocycles. The Kier molecular flexibility index (Phi) is 5.94. The van der Waals surface area contributed by atoms with E-state index in [1.807, 2.05) is 6.07 Å². The first-order valence-corrected chi connectivity index (χ1v) is 7.69. The number of benzene rings is 2. The molecule has 0 heterocycles. The van der Waals surface area contributed by atoms with Crippen molar-refractivity contribution in [3.05, 3.63) is 63.7 Å². The van der Waals surface area contributed by atoms with Crippen LogP contribution in [0.15, 0.2) is 42.5 Å². The molecule has 132 valence electrons. The summed E-state index contributed by atoms with van der Waals surface area (Å²) in [6.07, 6.45) is 0.